The van der Waals surface area contributed by atoms with Crippen LogP contribution in [0.2, 0.25) is 0 Å². The van der Waals surface area contributed by atoms with Crippen LogP contribution in [0.4, 0.5) is 0 Å². The van der Waals surface area contributed by atoms with Gasteiger partial charge in [0.25, 0.3) is 0 Å². The molecule has 0 unspecified atom stereocenters. The van der Waals surface area contributed by atoms with E-state index in [0.717, 1.165) is 19.3 Å². The van der Waals surface area contributed by atoms with Gasteiger partial charge in [-0.25, -0.2) is 0 Å². The molecule has 4 fully saturated rings. The average Bonchev–Trinajstić information content (AvgIpc) is 3.54. The Balaban J connectivity index is 1.54. The van der Waals surface area contributed by atoms with Crippen molar-refractivity contribution in [3.05, 3.63) is 35.3 Å². The molecule has 5 aliphatic rings. The number of rotatable bonds is 3. The molecule has 1 N–H and O–H groups in total. The first-order valence-corrected chi connectivity index (χ1v) is 12.4. The SMILES string of the molecule is COC(=O)C[C@H]1[C@]2(C)C3=C(C)[C@H](c4ccoc4)C[C@H]3O[C@@H]2[C@@H]2OC[C@]3(C)CC[C@H](O)[C@@]1(C)[C@@H]23. The fourth-order valence-electron chi connectivity index (χ4n) is 9.21. The van der Waals surface area contributed by atoms with Crippen LogP contribution >= 0.6 is 0 Å². The van der Waals surface area contributed by atoms with E-state index in [2.05, 4.69) is 27.7 Å². The molecule has 10 atom stereocenters. The maximum atomic E-state index is 12.8. The van der Waals surface area contributed by atoms with Crippen LogP contribution in [-0.2, 0) is 19.0 Å². The highest BCUT2D eigenvalue weighted by atomic mass is 16.6. The van der Waals surface area contributed by atoms with Crippen molar-refractivity contribution in [1.82, 2.24) is 0 Å². The minimum atomic E-state index is -0.488. The summed E-state index contributed by atoms with van der Waals surface area (Å²) in [6.07, 6.45) is 5.69. The minimum Gasteiger partial charge on any atom is -0.472 e. The highest BCUT2D eigenvalue weighted by Crippen LogP contribution is 2.73. The molecule has 0 aromatic carbocycles. The van der Waals surface area contributed by atoms with E-state index >= 15 is 0 Å². The summed E-state index contributed by atoms with van der Waals surface area (Å²) in [6.45, 7) is 9.68. The Kier molecular flexibility index (Phi) is 4.61. The third kappa shape index (κ3) is 2.58. The largest absolute Gasteiger partial charge is 0.472 e. The van der Waals surface area contributed by atoms with Gasteiger partial charge in [0.05, 0.1) is 50.7 Å². The monoisotopic (exact) mass is 456 g/mol. The molecule has 6 rings (SSSR count). The molecule has 2 saturated heterocycles. The van der Waals surface area contributed by atoms with Gasteiger partial charge in [-0.15, -0.1) is 0 Å². The van der Waals surface area contributed by atoms with Crippen LogP contribution in [0.5, 0.6) is 0 Å². The molecule has 33 heavy (non-hydrogen) atoms. The number of hydrogen-bond acceptors (Lipinski definition) is 6. The Morgan fingerprint density at radius 3 is 2.79 bits per heavy atom. The molecule has 0 amide bonds. The number of fused-ring (bicyclic) bond motifs is 4. The zero-order valence-corrected chi connectivity index (χ0v) is 20.3. The van der Waals surface area contributed by atoms with Crippen molar-refractivity contribution < 1.29 is 28.5 Å². The average molecular weight is 457 g/mol. The van der Waals surface area contributed by atoms with Crippen LogP contribution in [-0.4, -0.2) is 49.2 Å². The Morgan fingerprint density at radius 2 is 2.09 bits per heavy atom. The molecule has 2 aliphatic heterocycles. The molecule has 1 aromatic heterocycles. The number of methoxy groups -OCH3 is 1. The molecular formula is C27H36O6. The standard InChI is InChI=1S/C27H36O6/c1-14-16(15-7-9-31-12-15)10-17-21(14)27(4)18(11-20(29)30-5)26(3)19(28)6-8-25(2)13-32-22(23(25)26)24(27)33-17/h7,9,12,16-19,22-24,28H,6,8,10-11,13H2,1-5H3/t16-,17-,18-,19+,22-,23+,24-,25+,26+,27-/m1/s1. The molecule has 0 bridgehead atoms. The predicted molar refractivity (Wildman–Crippen MR) is 120 cm³/mol. The van der Waals surface area contributed by atoms with Crippen molar-refractivity contribution in [1.29, 1.82) is 0 Å². The van der Waals surface area contributed by atoms with Crippen LogP contribution in [0.3, 0.4) is 0 Å². The minimum absolute atomic E-state index is 0.00333. The number of allylic oxidation sites excluding steroid dienone is 1. The molecule has 3 aliphatic carbocycles. The van der Waals surface area contributed by atoms with Gasteiger partial charge in [-0.1, -0.05) is 26.3 Å². The van der Waals surface area contributed by atoms with Gasteiger partial charge in [-0.05, 0) is 54.7 Å². The van der Waals surface area contributed by atoms with E-state index < -0.39 is 16.9 Å². The van der Waals surface area contributed by atoms with E-state index in [4.69, 9.17) is 18.6 Å². The van der Waals surface area contributed by atoms with Crippen molar-refractivity contribution in [2.75, 3.05) is 13.7 Å². The summed E-state index contributed by atoms with van der Waals surface area (Å²) in [6, 6.07) is 2.04. The molecule has 6 heteroatoms. The van der Waals surface area contributed by atoms with Gasteiger partial charge in [-0.2, -0.15) is 0 Å². The van der Waals surface area contributed by atoms with Gasteiger partial charge in [0, 0.05) is 29.1 Å². The summed E-state index contributed by atoms with van der Waals surface area (Å²) >= 11 is 0. The number of aliphatic hydroxyl groups excluding tert-OH is 1. The van der Waals surface area contributed by atoms with Crippen LogP contribution in [0, 0.1) is 28.1 Å². The van der Waals surface area contributed by atoms with Crippen molar-refractivity contribution in [2.45, 2.75) is 83.7 Å². The number of aliphatic hydroxyl groups is 1. The molecule has 180 valence electrons. The summed E-state index contributed by atoms with van der Waals surface area (Å²) in [5, 5.41) is 11.6. The maximum Gasteiger partial charge on any atom is 0.305 e. The fourth-order valence-corrected chi connectivity index (χ4v) is 9.21. The van der Waals surface area contributed by atoms with Crippen molar-refractivity contribution in [2.24, 2.45) is 28.1 Å². The summed E-state index contributed by atoms with van der Waals surface area (Å²) < 4.78 is 24.0. The quantitative estimate of drug-likeness (QED) is 0.542. The van der Waals surface area contributed by atoms with Crippen molar-refractivity contribution >= 4 is 5.97 Å². The molecule has 3 heterocycles. The maximum absolute atomic E-state index is 12.8. The number of esters is 1. The topological polar surface area (TPSA) is 78.1 Å². The first-order chi connectivity index (χ1) is 15.7. The highest BCUT2D eigenvalue weighted by molar-refractivity contribution is 5.70. The molecule has 1 aromatic rings. The smallest absolute Gasteiger partial charge is 0.305 e. The first-order valence-electron chi connectivity index (χ1n) is 12.4. The zero-order chi connectivity index (χ0) is 23.3. The van der Waals surface area contributed by atoms with Crippen molar-refractivity contribution in [3.8, 4) is 0 Å². The molecule has 0 spiro atoms. The van der Waals surface area contributed by atoms with Crippen molar-refractivity contribution in [3.63, 3.8) is 0 Å². The number of furan rings is 1. The van der Waals surface area contributed by atoms with Gasteiger partial charge >= 0.3 is 5.97 Å². The Hall–Kier alpha value is -1.63. The Morgan fingerprint density at radius 1 is 1.30 bits per heavy atom. The molecule has 2 saturated carbocycles. The van der Waals surface area contributed by atoms with Crippen LogP contribution in [0.1, 0.15) is 64.9 Å². The van der Waals surface area contributed by atoms with Crippen LogP contribution < -0.4 is 0 Å². The second-order valence-electron chi connectivity index (χ2n) is 11.9. The lowest BCUT2D eigenvalue weighted by Crippen LogP contribution is -2.68. The van der Waals surface area contributed by atoms with Gasteiger partial charge in [-0.3, -0.25) is 4.79 Å². The van der Waals surface area contributed by atoms with E-state index in [1.165, 1.54) is 23.8 Å². The van der Waals surface area contributed by atoms with Crippen LogP contribution in [0.15, 0.2) is 34.2 Å². The van der Waals surface area contributed by atoms with Gasteiger partial charge in [0.2, 0.25) is 0 Å². The highest BCUT2D eigenvalue weighted by Gasteiger charge is 2.75. The second-order valence-corrected chi connectivity index (χ2v) is 11.9. The Bertz CT molecular complexity index is 998. The number of carbonyl (C=O) groups is 1. The molecule has 0 radical (unpaired) electrons. The van der Waals surface area contributed by atoms with E-state index in [1.807, 2.05) is 12.3 Å². The lowest BCUT2D eigenvalue weighted by Gasteiger charge is -2.64. The predicted octanol–water partition coefficient (Wildman–Crippen LogP) is 4.23. The summed E-state index contributed by atoms with van der Waals surface area (Å²) in [5.41, 5.74) is 2.90. The number of carbonyl (C=O) groups excluding carboxylic acids is 1. The summed E-state index contributed by atoms with van der Waals surface area (Å²) in [4.78, 5) is 12.8. The van der Waals surface area contributed by atoms with Gasteiger partial charge in [0.1, 0.15) is 0 Å². The normalized spacial score (nSPS) is 50.2. The fraction of sp³-hybridized carbons (Fsp3) is 0.741. The van der Waals surface area contributed by atoms with Gasteiger partial charge in [0.15, 0.2) is 0 Å². The third-order valence-electron chi connectivity index (χ3n) is 10.6. The summed E-state index contributed by atoms with van der Waals surface area (Å²) in [5.74, 6) is 0.0740. The van der Waals surface area contributed by atoms with E-state index in [0.29, 0.717) is 6.61 Å². The first kappa shape index (κ1) is 21.9. The van der Waals surface area contributed by atoms with Gasteiger partial charge < -0.3 is 23.7 Å². The number of hydrogen-bond donors (Lipinski definition) is 1. The lowest BCUT2D eigenvalue weighted by atomic mass is 9.40. The van der Waals surface area contributed by atoms with E-state index in [-0.39, 0.29) is 53.9 Å². The van der Waals surface area contributed by atoms with Crippen LogP contribution in [0.25, 0.3) is 0 Å². The second kappa shape index (κ2) is 6.96. The Labute approximate surface area is 195 Å². The zero-order valence-electron chi connectivity index (χ0n) is 20.3. The number of ether oxygens (including phenoxy) is 3. The van der Waals surface area contributed by atoms with E-state index in [1.54, 1.807) is 6.26 Å². The van der Waals surface area contributed by atoms with E-state index in [9.17, 15) is 9.90 Å². The lowest BCUT2D eigenvalue weighted by molar-refractivity contribution is -0.226. The molecule has 6 nitrogen and oxygen atoms in total. The third-order valence-corrected chi connectivity index (χ3v) is 10.6. The summed E-state index contributed by atoms with van der Waals surface area (Å²) in [7, 11) is 1.46. The molecular weight excluding hydrogens is 420 g/mol.